The molecule has 2 aromatic rings. The van der Waals surface area contributed by atoms with E-state index in [0.29, 0.717) is 16.7 Å². The van der Waals surface area contributed by atoms with Crippen molar-refractivity contribution in [1.29, 1.82) is 0 Å². The molecule has 22 heavy (non-hydrogen) atoms. The molecule has 0 fully saturated rings. The topological polar surface area (TPSA) is 41.4 Å². The van der Waals surface area contributed by atoms with Gasteiger partial charge in [-0.3, -0.25) is 4.99 Å². The molecule has 0 saturated heterocycles. The van der Waals surface area contributed by atoms with Crippen LogP contribution in [-0.2, 0) is 20.1 Å². The van der Waals surface area contributed by atoms with Gasteiger partial charge >= 0.3 is 0 Å². The molecular formula is C16H20Cl2N4. The Morgan fingerprint density at radius 2 is 1.86 bits per heavy atom. The minimum atomic E-state index is 0.543. The number of halogens is 2. The fraction of sp³-hybridized carbons (Fsp3) is 0.312. The number of guanidine groups is 1. The lowest BCUT2D eigenvalue weighted by atomic mass is 10.1. The molecular weight excluding hydrogens is 319 g/mol. The quantitative estimate of drug-likeness (QED) is 0.661. The van der Waals surface area contributed by atoms with Crippen molar-refractivity contribution in [3.05, 3.63) is 57.3 Å². The van der Waals surface area contributed by atoms with Gasteiger partial charge in [-0.1, -0.05) is 47.5 Å². The van der Waals surface area contributed by atoms with E-state index in [1.165, 1.54) is 11.1 Å². The van der Waals surface area contributed by atoms with Gasteiger partial charge in [-0.2, -0.15) is 0 Å². The molecule has 6 heteroatoms. The van der Waals surface area contributed by atoms with Crippen molar-refractivity contribution in [1.82, 2.24) is 15.2 Å². The first-order valence-electron chi connectivity index (χ1n) is 7.01. The second-order valence-electron chi connectivity index (χ2n) is 5.04. The van der Waals surface area contributed by atoms with E-state index < -0.39 is 0 Å². The first-order chi connectivity index (χ1) is 10.5. The number of hydrogen-bond donors (Lipinski definition) is 2. The number of aromatic nitrogens is 1. The van der Waals surface area contributed by atoms with Crippen LogP contribution in [0.2, 0.25) is 10.2 Å². The third-order valence-electron chi connectivity index (χ3n) is 3.58. The SMILES string of the molecule is CN=C(NCc1ccccc1C)NCc1cc(Cl)c(Cl)n1C. The van der Waals surface area contributed by atoms with Crippen molar-refractivity contribution in [2.75, 3.05) is 7.05 Å². The van der Waals surface area contributed by atoms with Crippen LogP contribution >= 0.6 is 23.2 Å². The van der Waals surface area contributed by atoms with Gasteiger partial charge < -0.3 is 15.2 Å². The molecule has 0 aliphatic carbocycles. The minimum absolute atomic E-state index is 0.543. The Bertz CT molecular complexity index is 677. The maximum Gasteiger partial charge on any atom is 0.191 e. The van der Waals surface area contributed by atoms with Crippen molar-refractivity contribution in [2.24, 2.45) is 12.0 Å². The first kappa shape index (κ1) is 16.7. The molecule has 1 aromatic heterocycles. The summed E-state index contributed by atoms with van der Waals surface area (Å²) < 4.78 is 1.85. The number of nitrogens with one attached hydrogen (secondary N) is 2. The number of nitrogens with zero attached hydrogens (tertiary/aromatic N) is 2. The second kappa shape index (κ2) is 7.56. The summed E-state index contributed by atoms with van der Waals surface area (Å²) in [6, 6.07) is 10.1. The molecule has 118 valence electrons. The van der Waals surface area contributed by atoms with Gasteiger partial charge in [0.1, 0.15) is 5.15 Å². The van der Waals surface area contributed by atoms with Gasteiger partial charge in [-0.15, -0.1) is 0 Å². The average molecular weight is 339 g/mol. The molecule has 4 nitrogen and oxygen atoms in total. The molecule has 0 bridgehead atoms. The Morgan fingerprint density at radius 1 is 1.18 bits per heavy atom. The summed E-state index contributed by atoms with van der Waals surface area (Å²) in [6.45, 7) is 3.42. The first-order valence-corrected chi connectivity index (χ1v) is 7.77. The highest BCUT2D eigenvalue weighted by Crippen LogP contribution is 2.24. The van der Waals surface area contributed by atoms with Gasteiger partial charge in [0, 0.05) is 26.3 Å². The van der Waals surface area contributed by atoms with Gasteiger partial charge in [0.05, 0.1) is 11.6 Å². The molecule has 0 atom stereocenters. The molecule has 2 N–H and O–H groups in total. The van der Waals surface area contributed by atoms with Gasteiger partial charge in [0.15, 0.2) is 5.96 Å². The lowest BCUT2D eigenvalue weighted by Crippen LogP contribution is -2.36. The molecule has 1 heterocycles. The zero-order valence-electron chi connectivity index (χ0n) is 13.0. The van der Waals surface area contributed by atoms with Gasteiger partial charge in [0.2, 0.25) is 0 Å². The summed E-state index contributed by atoms with van der Waals surface area (Å²) in [5, 5.41) is 7.66. The van der Waals surface area contributed by atoms with E-state index in [-0.39, 0.29) is 0 Å². The Balaban J connectivity index is 1.93. The minimum Gasteiger partial charge on any atom is -0.352 e. The summed E-state index contributed by atoms with van der Waals surface area (Å²) in [5.41, 5.74) is 3.50. The van der Waals surface area contributed by atoms with Crippen LogP contribution in [0.3, 0.4) is 0 Å². The fourth-order valence-electron chi connectivity index (χ4n) is 2.14. The maximum absolute atomic E-state index is 6.06. The van der Waals surface area contributed by atoms with Crippen LogP contribution in [0.15, 0.2) is 35.3 Å². The van der Waals surface area contributed by atoms with E-state index in [1.54, 1.807) is 7.05 Å². The zero-order chi connectivity index (χ0) is 16.1. The number of benzene rings is 1. The fourth-order valence-corrected chi connectivity index (χ4v) is 2.56. The van der Waals surface area contributed by atoms with E-state index in [2.05, 4.69) is 34.7 Å². The second-order valence-corrected chi connectivity index (χ2v) is 5.80. The summed E-state index contributed by atoms with van der Waals surface area (Å²) in [5.74, 6) is 0.733. The van der Waals surface area contributed by atoms with Crippen molar-refractivity contribution >= 4 is 29.2 Å². The number of aliphatic imine (C=N–C) groups is 1. The van der Waals surface area contributed by atoms with Crippen molar-refractivity contribution in [3.63, 3.8) is 0 Å². The summed E-state index contributed by atoms with van der Waals surface area (Å²) >= 11 is 12.1. The Morgan fingerprint density at radius 3 is 2.45 bits per heavy atom. The van der Waals surface area contributed by atoms with E-state index in [9.17, 15) is 0 Å². The standard InChI is InChI=1S/C16H20Cl2N4/c1-11-6-4-5-7-12(11)9-20-16(19-2)21-10-13-8-14(17)15(18)22(13)3/h4-8H,9-10H2,1-3H3,(H2,19,20,21). The normalized spacial score (nSPS) is 11.6. The molecule has 0 amide bonds. The largest absolute Gasteiger partial charge is 0.352 e. The summed E-state index contributed by atoms with van der Waals surface area (Å²) in [7, 11) is 3.63. The molecule has 0 aliphatic rings. The van der Waals surface area contributed by atoms with Crippen LogP contribution in [0.4, 0.5) is 0 Å². The van der Waals surface area contributed by atoms with E-state index in [1.807, 2.05) is 29.8 Å². The van der Waals surface area contributed by atoms with Crippen LogP contribution in [0.25, 0.3) is 0 Å². The van der Waals surface area contributed by atoms with Crippen LogP contribution in [0.1, 0.15) is 16.8 Å². The Hall–Kier alpha value is -1.65. The highest BCUT2D eigenvalue weighted by Gasteiger charge is 2.09. The molecule has 0 unspecified atom stereocenters. The van der Waals surface area contributed by atoms with Crippen LogP contribution < -0.4 is 10.6 Å². The average Bonchev–Trinajstić information content (AvgIpc) is 2.76. The van der Waals surface area contributed by atoms with Crippen LogP contribution in [-0.4, -0.2) is 17.6 Å². The predicted octanol–water partition coefficient (Wildman–Crippen LogP) is 3.51. The molecule has 2 rings (SSSR count). The van der Waals surface area contributed by atoms with Gasteiger partial charge in [-0.05, 0) is 24.1 Å². The van der Waals surface area contributed by atoms with Crippen molar-refractivity contribution < 1.29 is 0 Å². The Kier molecular flexibility index (Phi) is 5.75. The number of hydrogen-bond acceptors (Lipinski definition) is 1. The summed E-state index contributed by atoms with van der Waals surface area (Å²) in [4.78, 5) is 4.23. The molecule has 0 aliphatic heterocycles. The lowest BCUT2D eigenvalue weighted by Gasteiger charge is -2.13. The molecule has 0 saturated carbocycles. The molecule has 0 spiro atoms. The zero-order valence-corrected chi connectivity index (χ0v) is 14.5. The van der Waals surface area contributed by atoms with Crippen LogP contribution in [0, 0.1) is 6.92 Å². The number of rotatable bonds is 4. The monoisotopic (exact) mass is 338 g/mol. The third kappa shape index (κ3) is 3.96. The van der Waals surface area contributed by atoms with Crippen molar-refractivity contribution in [2.45, 2.75) is 20.0 Å². The lowest BCUT2D eigenvalue weighted by molar-refractivity contribution is 0.749. The number of aryl methyl sites for hydroxylation is 1. The van der Waals surface area contributed by atoms with E-state index >= 15 is 0 Å². The predicted molar refractivity (Wildman–Crippen MR) is 93.7 cm³/mol. The van der Waals surface area contributed by atoms with Crippen LogP contribution in [0.5, 0.6) is 0 Å². The third-order valence-corrected chi connectivity index (χ3v) is 4.43. The molecule has 1 aromatic carbocycles. The smallest absolute Gasteiger partial charge is 0.191 e. The summed E-state index contributed by atoms with van der Waals surface area (Å²) in [6.07, 6.45) is 0. The van der Waals surface area contributed by atoms with Gasteiger partial charge in [-0.25, -0.2) is 0 Å². The van der Waals surface area contributed by atoms with E-state index in [0.717, 1.165) is 18.2 Å². The maximum atomic E-state index is 6.06. The molecule has 0 radical (unpaired) electrons. The van der Waals surface area contributed by atoms with Crippen molar-refractivity contribution in [3.8, 4) is 0 Å². The Labute approximate surface area is 141 Å². The van der Waals surface area contributed by atoms with Gasteiger partial charge in [0.25, 0.3) is 0 Å². The van der Waals surface area contributed by atoms with E-state index in [4.69, 9.17) is 23.2 Å². The highest BCUT2D eigenvalue weighted by atomic mass is 35.5. The highest BCUT2D eigenvalue weighted by molar-refractivity contribution is 6.41.